The molecule has 13 heavy (non-hydrogen) atoms. The number of hydrogen-bond donors (Lipinski definition) is 1. The summed E-state index contributed by atoms with van der Waals surface area (Å²) < 4.78 is 0. The molecule has 0 radical (unpaired) electrons. The molecule has 2 heteroatoms. The largest absolute Gasteiger partial charge is 0.310 e. The molecule has 2 unspecified atom stereocenters. The van der Waals surface area contributed by atoms with Crippen molar-refractivity contribution in [3.63, 3.8) is 0 Å². The van der Waals surface area contributed by atoms with Crippen molar-refractivity contribution < 1.29 is 0 Å². The fraction of sp³-hybridized carbons (Fsp3) is 0.455. The lowest BCUT2D eigenvalue weighted by Crippen LogP contribution is -2.13. The van der Waals surface area contributed by atoms with E-state index < -0.39 is 0 Å². The minimum absolute atomic E-state index is 0.591. The molecule has 1 heterocycles. The normalized spacial score (nSPS) is 30.2. The van der Waals surface area contributed by atoms with Crippen molar-refractivity contribution in [3.8, 4) is 0 Å². The van der Waals surface area contributed by atoms with Gasteiger partial charge in [-0.1, -0.05) is 23.7 Å². The fourth-order valence-electron chi connectivity index (χ4n) is 2.69. The van der Waals surface area contributed by atoms with Crippen molar-refractivity contribution in [2.45, 2.75) is 18.9 Å². The van der Waals surface area contributed by atoms with Gasteiger partial charge >= 0.3 is 0 Å². The minimum Gasteiger partial charge on any atom is -0.310 e. The molecule has 1 aromatic carbocycles. The maximum Gasteiger partial charge on any atom is 0.0441 e. The van der Waals surface area contributed by atoms with Gasteiger partial charge in [0, 0.05) is 11.1 Å². The van der Waals surface area contributed by atoms with E-state index in [1.54, 1.807) is 0 Å². The summed E-state index contributed by atoms with van der Waals surface area (Å²) in [6, 6.07) is 6.86. The Morgan fingerprint density at radius 3 is 3.23 bits per heavy atom. The predicted molar refractivity (Wildman–Crippen MR) is 54.0 cm³/mol. The molecule has 1 fully saturated rings. The summed E-state index contributed by atoms with van der Waals surface area (Å²) in [6.45, 7) is 1.17. The lowest BCUT2D eigenvalue weighted by Gasteiger charge is -2.09. The molecule has 1 saturated heterocycles. The topological polar surface area (TPSA) is 12.0 Å². The van der Waals surface area contributed by atoms with Gasteiger partial charge < -0.3 is 5.32 Å². The van der Waals surface area contributed by atoms with Crippen LogP contribution in [0.25, 0.3) is 0 Å². The smallest absolute Gasteiger partial charge is 0.0441 e. The van der Waals surface area contributed by atoms with Gasteiger partial charge in [-0.25, -0.2) is 0 Å². The van der Waals surface area contributed by atoms with Crippen molar-refractivity contribution in [1.82, 2.24) is 5.32 Å². The summed E-state index contributed by atoms with van der Waals surface area (Å²) in [6.07, 6.45) is 2.47. The number of rotatable bonds is 0. The Morgan fingerprint density at radius 2 is 2.31 bits per heavy atom. The van der Waals surface area contributed by atoms with Crippen LogP contribution >= 0.6 is 11.6 Å². The van der Waals surface area contributed by atoms with Crippen LogP contribution in [0.4, 0.5) is 0 Å². The molecule has 0 spiro atoms. The van der Waals surface area contributed by atoms with Crippen LogP contribution in [0.2, 0.25) is 5.02 Å². The maximum absolute atomic E-state index is 6.15. The first kappa shape index (κ1) is 7.84. The molecule has 2 aliphatic rings. The number of nitrogens with one attached hydrogen (secondary N) is 1. The van der Waals surface area contributed by atoms with Crippen LogP contribution in [-0.4, -0.2) is 6.54 Å². The zero-order valence-electron chi connectivity index (χ0n) is 7.39. The average molecular weight is 194 g/mol. The Labute approximate surface area is 83.1 Å². The van der Waals surface area contributed by atoms with Gasteiger partial charge in [0.1, 0.15) is 0 Å². The number of fused-ring (bicyclic) bond motifs is 3. The van der Waals surface area contributed by atoms with E-state index in [2.05, 4.69) is 17.4 Å². The first-order valence-corrected chi connectivity index (χ1v) is 5.25. The number of halogens is 1. The summed E-state index contributed by atoms with van der Waals surface area (Å²) in [5, 5.41) is 4.50. The highest BCUT2D eigenvalue weighted by Gasteiger charge is 2.36. The van der Waals surface area contributed by atoms with Crippen LogP contribution in [0.15, 0.2) is 18.2 Å². The highest BCUT2D eigenvalue weighted by molar-refractivity contribution is 6.31. The molecule has 0 saturated carbocycles. The van der Waals surface area contributed by atoms with E-state index in [9.17, 15) is 0 Å². The molecule has 2 atom stereocenters. The monoisotopic (exact) mass is 193 g/mol. The molecule has 1 nitrogen and oxygen atoms in total. The first-order valence-electron chi connectivity index (χ1n) is 4.87. The fourth-order valence-corrected chi connectivity index (χ4v) is 2.94. The van der Waals surface area contributed by atoms with E-state index in [1.807, 2.05) is 6.07 Å². The average Bonchev–Trinajstić information content (AvgIpc) is 2.65. The van der Waals surface area contributed by atoms with Crippen LogP contribution in [0.1, 0.15) is 23.6 Å². The molecule has 1 aromatic rings. The van der Waals surface area contributed by atoms with Crippen LogP contribution in [0, 0.1) is 5.92 Å². The molecule has 3 rings (SSSR count). The van der Waals surface area contributed by atoms with Crippen LogP contribution in [0.5, 0.6) is 0 Å². The molecule has 0 amide bonds. The SMILES string of the molecule is Clc1cccc2c1CC1CCNC21. The predicted octanol–water partition coefficient (Wildman–Crippen LogP) is 2.55. The third kappa shape index (κ3) is 1.04. The van der Waals surface area contributed by atoms with Crippen molar-refractivity contribution >= 4 is 11.6 Å². The van der Waals surface area contributed by atoms with E-state index in [0.717, 1.165) is 10.9 Å². The lowest BCUT2D eigenvalue weighted by atomic mass is 10.0. The molecular formula is C11H12ClN. The molecular weight excluding hydrogens is 182 g/mol. The van der Waals surface area contributed by atoms with E-state index in [4.69, 9.17) is 11.6 Å². The molecule has 68 valence electrons. The van der Waals surface area contributed by atoms with Crippen molar-refractivity contribution in [2.24, 2.45) is 5.92 Å². The standard InChI is InChI=1S/C11H12ClN/c12-10-3-1-2-8-9(10)6-7-4-5-13-11(7)8/h1-3,7,11,13H,4-6H2. The Balaban J connectivity index is 2.12. The van der Waals surface area contributed by atoms with Crippen LogP contribution < -0.4 is 5.32 Å². The van der Waals surface area contributed by atoms with E-state index >= 15 is 0 Å². The van der Waals surface area contributed by atoms with Crippen LogP contribution in [-0.2, 0) is 6.42 Å². The highest BCUT2D eigenvalue weighted by Crippen LogP contribution is 2.43. The Hall–Kier alpha value is -0.530. The van der Waals surface area contributed by atoms with Crippen LogP contribution in [0.3, 0.4) is 0 Å². The van der Waals surface area contributed by atoms with Gasteiger partial charge in [-0.3, -0.25) is 0 Å². The number of hydrogen-bond acceptors (Lipinski definition) is 1. The van der Waals surface area contributed by atoms with Crippen molar-refractivity contribution in [2.75, 3.05) is 6.54 Å². The summed E-state index contributed by atoms with van der Waals surface area (Å²) >= 11 is 6.15. The van der Waals surface area contributed by atoms with E-state index in [1.165, 1.54) is 30.5 Å². The Kier molecular flexibility index (Phi) is 1.64. The summed E-state index contributed by atoms with van der Waals surface area (Å²) in [7, 11) is 0. The third-order valence-corrected chi connectivity index (χ3v) is 3.66. The third-order valence-electron chi connectivity index (χ3n) is 3.31. The second kappa shape index (κ2) is 2.73. The number of benzene rings is 1. The van der Waals surface area contributed by atoms with Crippen molar-refractivity contribution in [1.29, 1.82) is 0 Å². The van der Waals surface area contributed by atoms with Gasteiger partial charge in [0.15, 0.2) is 0 Å². The van der Waals surface area contributed by atoms with Gasteiger partial charge in [0.25, 0.3) is 0 Å². The second-order valence-electron chi connectivity index (χ2n) is 3.99. The summed E-state index contributed by atoms with van der Waals surface area (Å²) in [5.41, 5.74) is 2.82. The zero-order chi connectivity index (χ0) is 8.84. The van der Waals surface area contributed by atoms with Crippen molar-refractivity contribution in [3.05, 3.63) is 34.3 Å². The Morgan fingerprint density at radius 1 is 1.38 bits per heavy atom. The highest BCUT2D eigenvalue weighted by atomic mass is 35.5. The zero-order valence-corrected chi connectivity index (χ0v) is 8.14. The lowest BCUT2D eigenvalue weighted by molar-refractivity contribution is 0.504. The molecule has 0 aromatic heterocycles. The van der Waals surface area contributed by atoms with Gasteiger partial charge in [-0.2, -0.15) is 0 Å². The van der Waals surface area contributed by atoms with Gasteiger partial charge in [-0.15, -0.1) is 0 Å². The molecule has 1 aliphatic heterocycles. The summed E-state index contributed by atoms with van der Waals surface area (Å²) in [4.78, 5) is 0. The summed E-state index contributed by atoms with van der Waals surface area (Å²) in [5.74, 6) is 0.801. The quantitative estimate of drug-likeness (QED) is 0.668. The Bertz CT molecular complexity index is 348. The minimum atomic E-state index is 0.591. The molecule has 1 N–H and O–H groups in total. The van der Waals surface area contributed by atoms with Gasteiger partial charge in [0.05, 0.1) is 0 Å². The molecule has 1 aliphatic carbocycles. The maximum atomic E-state index is 6.15. The van der Waals surface area contributed by atoms with Gasteiger partial charge in [-0.05, 0) is 42.5 Å². The second-order valence-corrected chi connectivity index (χ2v) is 4.40. The molecule has 0 bridgehead atoms. The van der Waals surface area contributed by atoms with E-state index in [0.29, 0.717) is 6.04 Å². The first-order chi connectivity index (χ1) is 6.36. The van der Waals surface area contributed by atoms with E-state index in [-0.39, 0.29) is 0 Å². The van der Waals surface area contributed by atoms with Gasteiger partial charge in [0.2, 0.25) is 0 Å².